The molecular weight excluding hydrogens is 248 g/mol. The Hall–Kier alpha value is -2.22. The third-order valence-electron chi connectivity index (χ3n) is 3.52. The molecule has 0 aliphatic carbocycles. The van der Waals surface area contributed by atoms with Crippen molar-refractivity contribution in [1.82, 2.24) is 0 Å². The van der Waals surface area contributed by atoms with Gasteiger partial charge in [0, 0.05) is 17.0 Å². The van der Waals surface area contributed by atoms with Gasteiger partial charge in [0.25, 0.3) is 0 Å². The number of rotatable bonds is 5. The third-order valence-corrected chi connectivity index (χ3v) is 3.52. The van der Waals surface area contributed by atoms with E-state index < -0.39 is 0 Å². The highest BCUT2D eigenvalue weighted by atomic mass is 16.1. The van der Waals surface area contributed by atoms with Crippen LogP contribution in [0.3, 0.4) is 0 Å². The van der Waals surface area contributed by atoms with Crippen LogP contribution in [0.5, 0.6) is 0 Å². The van der Waals surface area contributed by atoms with Crippen molar-refractivity contribution in [2.24, 2.45) is 0 Å². The molecular formula is C18H18O2. The van der Waals surface area contributed by atoms with Gasteiger partial charge in [0.05, 0.1) is 0 Å². The summed E-state index contributed by atoms with van der Waals surface area (Å²) in [7, 11) is 0. The zero-order valence-electron chi connectivity index (χ0n) is 11.8. The molecule has 2 aromatic carbocycles. The zero-order valence-corrected chi connectivity index (χ0v) is 11.8. The van der Waals surface area contributed by atoms with Crippen LogP contribution in [0.25, 0.3) is 0 Å². The molecule has 0 N–H and O–H groups in total. The van der Waals surface area contributed by atoms with Crippen molar-refractivity contribution in [2.75, 3.05) is 0 Å². The Morgan fingerprint density at radius 1 is 0.950 bits per heavy atom. The summed E-state index contributed by atoms with van der Waals surface area (Å²) in [6.07, 6.45) is 0.703. The number of ketones is 2. The molecule has 1 unspecified atom stereocenters. The lowest BCUT2D eigenvalue weighted by Crippen LogP contribution is -2.13. The van der Waals surface area contributed by atoms with Crippen molar-refractivity contribution in [3.05, 3.63) is 71.3 Å². The van der Waals surface area contributed by atoms with E-state index >= 15 is 0 Å². The maximum Gasteiger partial charge on any atom is 0.193 e. The Morgan fingerprint density at radius 2 is 1.55 bits per heavy atom. The number of hydrogen-bond donors (Lipinski definition) is 0. The van der Waals surface area contributed by atoms with E-state index in [9.17, 15) is 9.59 Å². The minimum Gasteiger partial charge on any atom is -0.299 e. The second kappa shape index (κ2) is 6.29. The molecule has 0 bridgehead atoms. The van der Waals surface area contributed by atoms with E-state index in [1.807, 2.05) is 43.3 Å². The molecule has 0 fully saturated rings. The minimum absolute atomic E-state index is 0.0269. The van der Waals surface area contributed by atoms with Crippen molar-refractivity contribution in [3.8, 4) is 0 Å². The summed E-state index contributed by atoms with van der Waals surface area (Å²) in [5.74, 6) is -0.138. The summed E-state index contributed by atoms with van der Waals surface area (Å²) in [4.78, 5) is 24.4. The van der Waals surface area contributed by atoms with Crippen molar-refractivity contribution < 1.29 is 9.59 Å². The molecule has 2 rings (SSSR count). The molecule has 2 aromatic rings. The SMILES string of the molecule is CCC(C(C)=O)c1ccccc1C(=O)c1ccccc1. The summed E-state index contributed by atoms with van der Waals surface area (Å²) in [5, 5.41) is 0. The van der Waals surface area contributed by atoms with Gasteiger partial charge < -0.3 is 0 Å². The molecule has 2 nitrogen and oxygen atoms in total. The Balaban J connectivity index is 2.48. The molecule has 2 heteroatoms. The normalized spacial score (nSPS) is 11.9. The van der Waals surface area contributed by atoms with Gasteiger partial charge in [-0.15, -0.1) is 0 Å². The van der Waals surface area contributed by atoms with Gasteiger partial charge in [0.2, 0.25) is 0 Å². The first-order chi connectivity index (χ1) is 9.65. The lowest BCUT2D eigenvalue weighted by molar-refractivity contribution is -0.118. The van der Waals surface area contributed by atoms with Crippen LogP contribution < -0.4 is 0 Å². The monoisotopic (exact) mass is 266 g/mol. The van der Waals surface area contributed by atoms with E-state index in [4.69, 9.17) is 0 Å². The smallest absolute Gasteiger partial charge is 0.193 e. The summed E-state index contributed by atoms with van der Waals surface area (Å²) in [6, 6.07) is 16.6. The predicted molar refractivity (Wildman–Crippen MR) is 80.0 cm³/mol. The summed E-state index contributed by atoms with van der Waals surface area (Å²) >= 11 is 0. The lowest BCUT2D eigenvalue weighted by atomic mass is 9.86. The second-order valence-corrected chi connectivity index (χ2v) is 4.85. The molecule has 1 atom stereocenters. The number of carbonyl (C=O) groups excluding carboxylic acids is 2. The van der Waals surface area contributed by atoms with Crippen molar-refractivity contribution in [1.29, 1.82) is 0 Å². The first kappa shape index (κ1) is 14.2. The van der Waals surface area contributed by atoms with E-state index in [-0.39, 0.29) is 17.5 Å². The van der Waals surface area contributed by atoms with Crippen LogP contribution in [-0.4, -0.2) is 11.6 Å². The minimum atomic E-state index is -0.209. The second-order valence-electron chi connectivity index (χ2n) is 4.85. The maximum absolute atomic E-state index is 12.6. The van der Waals surface area contributed by atoms with Gasteiger partial charge >= 0.3 is 0 Å². The fourth-order valence-electron chi connectivity index (χ4n) is 2.48. The van der Waals surface area contributed by atoms with Crippen molar-refractivity contribution in [2.45, 2.75) is 26.2 Å². The quantitative estimate of drug-likeness (QED) is 0.766. The van der Waals surface area contributed by atoms with Gasteiger partial charge in [-0.1, -0.05) is 61.5 Å². The number of hydrogen-bond acceptors (Lipinski definition) is 2. The van der Waals surface area contributed by atoms with Gasteiger partial charge in [-0.05, 0) is 18.9 Å². The van der Waals surface area contributed by atoms with Gasteiger partial charge in [-0.3, -0.25) is 9.59 Å². The number of carbonyl (C=O) groups is 2. The molecule has 0 aliphatic rings. The van der Waals surface area contributed by atoms with Crippen LogP contribution >= 0.6 is 0 Å². The first-order valence-corrected chi connectivity index (χ1v) is 6.84. The Kier molecular flexibility index (Phi) is 4.46. The summed E-state index contributed by atoms with van der Waals surface area (Å²) in [6.45, 7) is 3.55. The van der Waals surface area contributed by atoms with Gasteiger partial charge in [0.1, 0.15) is 5.78 Å². The third kappa shape index (κ3) is 2.85. The predicted octanol–water partition coefficient (Wildman–Crippen LogP) is 4.00. The van der Waals surface area contributed by atoms with Crippen LogP contribution in [-0.2, 0) is 4.79 Å². The molecule has 0 aromatic heterocycles. The average Bonchev–Trinajstić information content (AvgIpc) is 2.48. The molecule has 0 saturated carbocycles. The highest BCUT2D eigenvalue weighted by molar-refractivity contribution is 6.10. The van der Waals surface area contributed by atoms with E-state index in [1.165, 1.54) is 0 Å². The van der Waals surface area contributed by atoms with Gasteiger partial charge in [-0.2, -0.15) is 0 Å². The zero-order chi connectivity index (χ0) is 14.5. The van der Waals surface area contributed by atoms with Gasteiger partial charge in [0.15, 0.2) is 5.78 Å². The molecule has 0 amide bonds. The fourth-order valence-corrected chi connectivity index (χ4v) is 2.48. The average molecular weight is 266 g/mol. The first-order valence-electron chi connectivity index (χ1n) is 6.84. The largest absolute Gasteiger partial charge is 0.299 e. The lowest BCUT2D eigenvalue weighted by Gasteiger charge is -2.16. The molecule has 0 spiro atoms. The Labute approximate surface area is 119 Å². The van der Waals surface area contributed by atoms with Crippen LogP contribution in [0.15, 0.2) is 54.6 Å². The Bertz CT molecular complexity index is 614. The van der Waals surface area contributed by atoms with Crippen molar-refractivity contribution in [3.63, 3.8) is 0 Å². The topological polar surface area (TPSA) is 34.1 Å². The van der Waals surface area contributed by atoms with E-state index in [0.29, 0.717) is 17.5 Å². The standard InChI is InChI=1S/C18H18O2/c1-3-15(13(2)19)16-11-7-8-12-17(16)18(20)14-9-5-4-6-10-14/h4-12,15H,3H2,1-2H3. The molecule has 20 heavy (non-hydrogen) atoms. The molecule has 0 radical (unpaired) electrons. The molecule has 102 valence electrons. The van der Waals surface area contributed by atoms with Crippen LogP contribution in [0, 0.1) is 0 Å². The van der Waals surface area contributed by atoms with Crippen LogP contribution in [0.1, 0.15) is 47.7 Å². The highest BCUT2D eigenvalue weighted by Gasteiger charge is 2.21. The van der Waals surface area contributed by atoms with E-state index in [2.05, 4.69) is 0 Å². The molecule has 0 saturated heterocycles. The maximum atomic E-state index is 12.6. The fraction of sp³-hybridized carbons (Fsp3) is 0.222. The number of benzene rings is 2. The van der Waals surface area contributed by atoms with Crippen LogP contribution in [0.4, 0.5) is 0 Å². The Morgan fingerprint density at radius 3 is 2.15 bits per heavy atom. The molecule has 0 aliphatic heterocycles. The number of Topliss-reactive ketones (excluding diaryl/α,β-unsaturated/α-hetero) is 1. The van der Waals surface area contributed by atoms with Crippen LogP contribution in [0.2, 0.25) is 0 Å². The highest BCUT2D eigenvalue weighted by Crippen LogP contribution is 2.26. The summed E-state index contributed by atoms with van der Waals surface area (Å²) < 4.78 is 0. The van der Waals surface area contributed by atoms with E-state index in [1.54, 1.807) is 25.1 Å². The van der Waals surface area contributed by atoms with E-state index in [0.717, 1.165) is 5.56 Å². The van der Waals surface area contributed by atoms with Gasteiger partial charge in [-0.25, -0.2) is 0 Å². The summed E-state index contributed by atoms with van der Waals surface area (Å²) in [5.41, 5.74) is 2.11. The molecule has 0 heterocycles. The van der Waals surface area contributed by atoms with Crippen molar-refractivity contribution >= 4 is 11.6 Å².